The van der Waals surface area contributed by atoms with Crippen LogP contribution in [-0.4, -0.2) is 5.97 Å². The van der Waals surface area contributed by atoms with E-state index < -0.39 is 0 Å². The molecule has 0 saturated heterocycles. The van der Waals surface area contributed by atoms with E-state index in [1.165, 1.54) is 36.8 Å². The van der Waals surface area contributed by atoms with Crippen molar-refractivity contribution in [1.29, 1.82) is 0 Å². The van der Waals surface area contributed by atoms with Gasteiger partial charge in [-0.1, -0.05) is 75.2 Å². The molecule has 3 rings (SSSR count). The Hall–Kier alpha value is -2.87. The number of carbonyl (C=O) groups is 1. The van der Waals surface area contributed by atoms with Crippen molar-refractivity contribution in [1.82, 2.24) is 0 Å². The van der Waals surface area contributed by atoms with Gasteiger partial charge in [-0.2, -0.15) is 0 Å². The standard InChI is InChI=1S/C27H30O2/c1-3-5-7-21-9-13-23(14-10-21)24-15-17-25(18-16-24)27(28)29-26-19-11-22(12-20-26)8-6-4-2/h9-20H,3-8H2,1-2H3. The fourth-order valence-corrected chi connectivity index (χ4v) is 3.31. The van der Waals surface area contributed by atoms with Crippen LogP contribution in [0.25, 0.3) is 11.1 Å². The summed E-state index contributed by atoms with van der Waals surface area (Å²) in [6, 6.07) is 24.1. The van der Waals surface area contributed by atoms with Gasteiger partial charge in [0.05, 0.1) is 5.56 Å². The van der Waals surface area contributed by atoms with E-state index in [-0.39, 0.29) is 5.97 Å². The molecule has 0 aliphatic carbocycles. The van der Waals surface area contributed by atoms with Crippen LogP contribution in [0.1, 0.15) is 61.0 Å². The minimum Gasteiger partial charge on any atom is -0.423 e. The molecular formula is C27H30O2. The highest BCUT2D eigenvalue weighted by atomic mass is 16.5. The number of benzene rings is 3. The Balaban J connectivity index is 1.61. The molecule has 0 saturated carbocycles. The smallest absolute Gasteiger partial charge is 0.343 e. The molecule has 0 N–H and O–H groups in total. The van der Waals surface area contributed by atoms with Crippen LogP contribution in [0.15, 0.2) is 72.8 Å². The zero-order valence-corrected chi connectivity index (χ0v) is 17.5. The number of hydrogen-bond acceptors (Lipinski definition) is 2. The summed E-state index contributed by atoms with van der Waals surface area (Å²) >= 11 is 0. The van der Waals surface area contributed by atoms with Gasteiger partial charge >= 0.3 is 5.97 Å². The van der Waals surface area contributed by atoms with Gasteiger partial charge in [-0.25, -0.2) is 4.79 Å². The second-order valence-corrected chi connectivity index (χ2v) is 7.51. The average Bonchev–Trinajstić information content (AvgIpc) is 2.77. The number of ether oxygens (including phenoxy) is 1. The first-order chi connectivity index (χ1) is 14.2. The van der Waals surface area contributed by atoms with Crippen molar-refractivity contribution in [2.75, 3.05) is 0 Å². The molecule has 2 heteroatoms. The van der Waals surface area contributed by atoms with Crippen molar-refractivity contribution in [3.8, 4) is 16.9 Å². The first-order valence-electron chi connectivity index (χ1n) is 10.7. The van der Waals surface area contributed by atoms with E-state index in [4.69, 9.17) is 4.74 Å². The van der Waals surface area contributed by atoms with Gasteiger partial charge in [0.25, 0.3) is 0 Å². The lowest BCUT2D eigenvalue weighted by Gasteiger charge is -2.07. The first kappa shape index (κ1) is 20.9. The third-order valence-electron chi connectivity index (χ3n) is 5.18. The lowest BCUT2D eigenvalue weighted by Crippen LogP contribution is -2.08. The highest BCUT2D eigenvalue weighted by Gasteiger charge is 2.09. The highest BCUT2D eigenvalue weighted by molar-refractivity contribution is 5.91. The Morgan fingerprint density at radius 2 is 1.10 bits per heavy atom. The number of hydrogen-bond donors (Lipinski definition) is 0. The Kier molecular flexibility index (Phi) is 7.63. The minimum atomic E-state index is -0.326. The van der Waals surface area contributed by atoms with E-state index in [1.54, 1.807) is 0 Å². The molecule has 0 aromatic heterocycles. The van der Waals surface area contributed by atoms with Crippen LogP contribution in [-0.2, 0) is 12.8 Å². The normalized spacial score (nSPS) is 10.7. The second kappa shape index (κ2) is 10.6. The number of aryl methyl sites for hydroxylation is 2. The summed E-state index contributed by atoms with van der Waals surface area (Å²) in [5.41, 5.74) is 5.47. The monoisotopic (exact) mass is 386 g/mol. The van der Waals surface area contributed by atoms with Crippen LogP contribution >= 0.6 is 0 Å². The first-order valence-corrected chi connectivity index (χ1v) is 10.7. The van der Waals surface area contributed by atoms with Crippen LogP contribution in [0.5, 0.6) is 5.75 Å². The molecule has 3 aromatic carbocycles. The molecule has 0 amide bonds. The summed E-state index contributed by atoms with van der Waals surface area (Å²) < 4.78 is 5.52. The van der Waals surface area contributed by atoms with E-state index in [1.807, 2.05) is 48.5 Å². The van der Waals surface area contributed by atoms with Crippen LogP contribution < -0.4 is 4.74 Å². The zero-order valence-electron chi connectivity index (χ0n) is 17.5. The van der Waals surface area contributed by atoms with E-state index in [0.29, 0.717) is 11.3 Å². The van der Waals surface area contributed by atoms with Gasteiger partial charge in [0.2, 0.25) is 0 Å². The van der Waals surface area contributed by atoms with Crippen LogP contribution in [0.2, 0.25) is 0 Å². The molecule has 0 aliphatic heterocycles. The van der Waals surface area contributed by atoms with Crippen molar-refractivity contribution < 1.29 is 9.53 Å². The number of rotatable bonds is 9. The molecular weight excluding hydrogens is 356 g/mol. The third-order valence-corrected chi connectivity index (χ3v) is 5.18. The molecule has 0 bridgehead atoms. The molecule has 0 aliphatic rings. The fraction of sp³-hybridized carbons (Fsp3) is 0.296. The maximum absolute atomic E-state index is 12.4. The van der Waals surface area contributed by atoms with Crippen LogP contribution in [0.4, 0.5) is 0 Å². The summed E-state index contributed by atoms with van der Waals surface area (Å²) in [5, 5.41) is 0. The lowest BCUT2D eigenvalue weighted by atomic mass is 10.0. The van der Waals surface area contributed by atoms with Crippen LogP contribution in [0.3, 0.4) is 0 Å². The maximum Gasteiger partial charge on any atom is 0.343 e. The predicted octanol–water partition coefficient (Wildman–Crippen LogP) is 7.26. The van der Waals surface area contributed by atoms with Gasteiger partial charge in [-0.3, -0.25) is 0 Å². The minimum absolute atomic E-state index is 0.326. The van der Waals surface area contributed by atoms with Crippen molar-refractivity contribution >= 4 is 5.97 Å². The summed E-state index contributed by atoms with van der Waals surface area (Å²) in [6.45, 7) is 4.40. The van der Waals surface area contributed by atoms with Gasteiger partial charge in [-0.15, -0.1) is 0 Å². The Bertz CT molecular complexity index is 891. The molecule has 0 spiro atoms. The van der Waals surface area contributed by atoms with Crippen molar-refractivity contribution in [2.45, 2.75) is 52.4 Å². The molecule has 0 fully saturated rings. The molecule has 0 radical (unpaired) electrons. The number of unbranched alkanes of at least 4 members (excludes halogenated alkanes) is 2. The molecule has 2 nitrogen and oxygen atoms in total. The highest BCUT2D eigenvalue weighted by Crippen LogP contribution is 2.22. The van der Waals surface area contributed by atoms with Gasteiger partial charge in [0, 0.05) is 0 Å². The fourth-order valence-electron chi connectivity index (χ4n) is 3.31. The number of esters is 1. The topological polar surface area (TPSA) is 26.3 Å². The molecule has 150 valence electrons. The second-order valence-electron chi connectivity index (χ2n) is 7.51. The summed E-state index contributed by atoms with van der Waals surface area (Å²) in [6.07, 6.45) is 6.97. The largest absolute Gasteiger partial charge is 0.423 e. The molecule has 0 unspecified atom stereocenters. The van der Waals surface area contributed by atoms with Crippen molar-refractivity contribution in [2.24, 2.45) is 0 Å². The van der Waals surface area contributed by atoms with Gasteiger partial charge in [0.15, 0.2) is 0 Å². The van der Waals surface area contributed by atoms with E-state index in [2.05, 4.69) is 38.1 Å². The zero-order chi connectivity index (χ0) is 20.5. The SMILES string of the molecule is CCCCc1ccc(OC(=O)c2ccc(-c3ccc(CCCC)cc3)cc2)cc1. The molecule has 3 aromatic rings. The van der Waals surface area contributed by atoms with Gasteiger partial charge in [0.1, 0.15) is 5.75 Å². The lowest BCUT2D eigenvalue weighted by molar-refractivity contribution is 0.0735. The Morgan fingerprint density at radius 1 is 0.655 bits per heavy atom. The Morgan fingerprint density at radius 3 is 1.59 bits per heavy atom. The Labute approximate surface area is 174 Å². The average molecular weight is 387 g/mol. The van der Waals surface area contributed by atoms with Gasteiger partial charge < -0.3 is 4.74 Å². The summed E-state index contributed by atoms with van der Waals surface area (Å²) in [5.74, 6) is 0.259. The van der Waals surface area contributed by atoms with Crippen molar-refractivity contribution in [3.05, 3.63) is 89.5 Å². The predicted molar refractivity (Wildman–Crippen MR) is 121 cm³/mol. The molecule has 0 heterocycles. The van der Waals surface area contributed by atoms with Crippen LogP contribution in [0, 0.1) is 0 Å². The summed E-state index contributed by atoms with van der Waals surface area (Å²) in [7, 11) is 0. The van der Waals surface area contributed by atoms with Gasteiger partial charge in [-0.05, 0) is 72.2 Å². The maximum atomic E-state index is 12.4. The molecule has 29 heavy (non-hydrogen) atoms. The van der Waals surface area contributed by atoms with Crippen molar-refractivity contribution in [3.63, 3.8) is 0 Å². The molecule has 0 atom stereocenters. The quantitative estimate of drug-likeness (QED) is 0.286. The third kappa shape index (κ3) is 6.05. The van der Waals surface area contributed by atoms with E-state index >= 15 is 0 Å². The summed E-state index contributed by atoms with van der Waals surface area (Å²) in [4.78, 5) is 12.4. The van der Waals surface area contributed by atoms with E-state index in [9.17, 15) is 4.79 Å². The van der Waals surface area contributed by atoms with E-state index in [0.717, 1.165) is 24.0 Å². The number of carbonyl (C=O) groups excluding carboxylic acids is 1.